The molecule has 462 valence electrons. The Labute approximate surface area is 532 Å². The van der Waals surface area contributed by atoms with Gasteiger partial charge in [0.1, 0.15) is 74.7 Å². The van der Waals surface area contributed by atoms with Gasteiger partial charge in [-0.3, -0.25) is 0 Å². The number of hydrogen-bond donors (Lipinski definition) is 0. The number of nitrogens with zero attached hydrogens (tertiary/aromatic N) is 6. The largest absolute Gasteiger partial charge is 0.497 e. The van der Waals surface area contributed by atoms with E-state index in [-0.39, 0.29) is 11.5 Å². The molecule has 92 heavy (non-hydrogen) atoms. The third-order valence-electron chi connectivity index (χ3n) is 12.6. The van der Waals surface area contributed by atoms with Crippen LogP contribution in [-0.2, 0) is 0 Å². The SMILES string of the molecule is COc1ccc(OP2(Oc3ccccc3)=NP(Oc3ccccc3)(Oc3ccc(OP4(Oc5ccccc5)=NP(Oc5ccccc5)(Oc5ccccc5)=NP(Oc5ccccc5)(Oc5ccccc5)=N4)cc3)=NP(Oc3ccccc3)(Oc3ccccc3)=N2)cc1. The summed E-state index contributed by atoms with van der Waals surface area (Å²) in [6.07, 6.45) is 0. The summed E-state index contributed by atoms with van der Waals surface area (Å²) in [5.74, 6) is 4.48. The minimum atomic E-state index is -4.35. The summed E-state index contributed by atoms with van der Waals surface area (Å²) in [4.78, 5) is 0. The van der Waals surface area contributed by atoms with Crippen LogP contribution in [0.25, 0.3) is 0 Å². The van der Waals surface area contributed by atoms with Crippen molar-refractivity contribution in [2.24, 2.45) is 27.1 Å². The first-order valence-electron chi connectivity index (χ1n) is 28.5. The average molecular weight is 1340 g/mol. The lowest BCUT2D eigenvalue weighted by Gasteiger charge is -2.33. The molecule has 0 amide bonds. The van der Waals surface area contributed by atoms with Crippen LogP contribution < -0.4 is 59.0 Å². The number of para-hydroxylation sites is 9. The van der Waals surface area contributed by atoms with Crippen LogP contribution in [0.2, 0.25) is 0 Å². The maximum Gasteiger partial charge on any atom is 0.460 e. The Morgan fingerprint density at radius 2 is 0.261 bits per heavy atom. The fourth-order valence-electron chi connectivity index (χ4n) is 8.69. The van der Waals surface area contributed by atoms with Gasteiger partial charge < -0.3 is 59.0 Å². The molecular weight excluding hydrogens is 1280 g/mol. The quantitative estimate of drug-likeness (QED) is 0.0491. The Morgan fingerprint density at radius 3 is 0.380 bits per heavy atom. The topological polar surface area (TPSA) is 194 Å². The molecule has 19 nitrogen and oxygen atoms in total. The Bertz CT molecular complexity index is 4400. The van der Waals surface area contributed by atoms with E-state index in [1.165, 1.54) is 0 Å². The van der Waals surface area contributed by atoms with Gasteiger partial charge in [-0.05, 0) is 158 Å². The smallest absolute Gasteiger partial charge is 0.460 e. The average Bonchev–Trinajstić information content (AvgIpc) is 0.748. The minimum Gasteiger partial charge on any atom is -0.497 e. The molecule has 11 aromatic rings. The van der Waals surface area contributed by atoms with E-state index in [0.29, 0.717) is 63.2 Å². The van der Waals surface area contributed by atoms with E-state index in [0.717, 1.165) is 0 Å². The summed E-state index contributed by atoms with van der Waals surface area (Å²) in [6, 6.07) is 95.0. The van der Waals surface area contributed by atoms with Gasteiger partial charge >= 0.3 is 46.0 Å². The second kappa shape index (κ2) is 27.7. The molecule has 0 aromatic heterocycles. The van der Waals surface area contributed by atoms with Crippen molar-refractivity contribution in [2.75, 3.05) is 7.11 Å². The summed E-state index contributed by atoms with van der Waals surface area (Å²) in [5, 5.41) is 0. The number of benzene rings is 11. The molecule has 25 heteroatoms. The molecule has 0 saturated heterocycles. The van der Waals surface area contributed by atoms with Gasteiger partial charge in [0.05, 0.1) is 7.11 Å². The highest BCUT2D eigenvalue weighted by Gasteiger charge is 2.51. The Morgan fingerprint density at radius 1 is 0.152 bits per heavy atom. The van der Waals surface area contributed by atoms with Crippen molar-refractivity contribution in [1.29, 1.82) is 0 Å². The molecule has 0 N–H and O–H groups in total. The lowest BCUT2D eigenvalue weighted by atomic mass is 10.3. The van der Waals surface area contributed by atoms with Crippen molar-refractivity contribution in [3.63, 3.8) is 0 Å². The lowest BCUT2D eigenvalue weighted by Crippen LogP contribution is -2.11. The normalized spacial score (nSPS) is 18.8. The predicted molar refractivity (Wildman–Crippen MR) is 361 cm³/mol. The Kier molecular flexibility index (Phi) is 18.4. The molecule has 3 atom stereocenters. The minimum absolute atomic E-state index is 0.183. The van der Waals surface area contributed by atoms with Crippen molar-refractivity contribution in [1.82, 2.24) is 0 Å². The second-order valence-corrected chi connectivity index (χ2v) is 31.9. The summed E-state index contributed by atoms with van der Waals surface area (Å²) in [6.45, 7) is 0. The van der Waals surface area contributed by atoms with Crippen molar-refractivity contribution < 1.29 is 59.0 Å². The van der Waals surface area contributed by atoms with Crippen molar-refractivity contribution >= 4 is 46.0 Å². The van der Waals surface area contributed by atoms with Gasteiger partial charge in [-0.15, -0.1) is 0 Å². The zero-order valence-corrected chi connectivity index (χ0v) is 54.1. The monoisotopic (exact) mass is 1340 g/mol. The fraction of sp³-hybridized carbons (Fsp3) is 0.0149. The van der Waals surface area contributed by atoms with Gasteiger partial charge in [0.15, 0.2) is 0 Å². The van der Waals surface area contributed by atoms with Crippen LogP contribution in [0, 0.1) is 0 Å². The second-order valence-electron chi connectivity index (χ2n) is 19.5. The first-order chi connectivity index (χ1) is 45.1. The van der Waals surface area contributed by atoms with Crippen molar-refractivity contribution in [2.45, 2.75) is 0 Å². The van der Waals surface area contributed by atoms with E-state index in [2.05, 4.69) is 0 Å². The Hall–Kier alpha value is -9.80. The van der Waals surface area contributed by atoms with Gasteiger partial charge in [-0.25, -0.2) is 0 Å². The molecule has 0 spiro atoms. The van der Waals surface area contributed by atoms with Crippen LogP contribution in [0.1, 0.15) is 0 Å². The van der Waals surface area contributed by atoms with Crippen LogP contribution in [0.15, 0.2) is 349 Å². The van der Waals surface area contributed by atoms with Gasteiger partial charge in [0, 0.05) is 0 Å². The third-order valence-corrected chi connectivity index (χ3v) is 28.9. The van der Waals surface area contributed by atoms with Crippen molar-refractivity contribution in [3.8, 4) is 74.7 Å². The number of ether oxygens (including phenoxy) is 1. The maximum absolute atomic E-state index is 7.24. The van der Waals surface area contributed by atoms with E-state index >= 15 is 0 Å². The molecule has 2 aliphatic heterocycles. The summed E-state index contributed by atoms with van der Waals surface area (Å²) in [7, 11) is -24.0. The van der Waals surface area contributed by atoms with Crippen molar-refractivity contribution in [3.05, 3.63) is 322 Å². The van der Waals surface area contributed by atoms with E-state index in [4.69, 9.17) is 86.1 Å². The molecule has 13 rings (SSSR count). The summed E-state index contributed by atoms with van der Waals surface area (Å²) >= 11 is 0. The number of methoxy groups -OCH3 is 1. The zero-order valence-electron chi connectivity index (χ0n) is 48.8. The molecule has 2 aliphatic rings. The van der Waals surface area contributed by atoms with Gasteiger partial charge in [0.25, 0.3) is 0 Å². The highest BCUT2D eigenvalue weighted by Crippen LogP contribution is 2.80. The Balaban J connectivity index is 1.01. The van der Waals surface area contributed by atoms with E-state index in [9.17, 15) is 0 Å². The first kappa shape index (κ1) is 61.1. The molecule has 0 fully saturated rings. The highest BCUT2D eigenvalue weighted by molar-refractivity contribution is 7.79. The van der Waals surface area contributed by atoms with Gasteiger partial charge in [0.2, 0.25) is 0 Å². The van der Waals surface area contributed by atoms with Gasteiger partial charge in [-0.1, -0.05) is 191 Å². The maximum atomic E-state index is 7.24. The molecule has 0 aliphatic carbocycles. The number of rotatable bonds is 25. The van der Waals surface area contributed by atoms with E-state index < -0.39 is 46.0 Å². The highest BCUT2D eigenvalue weighted by atomic mass is 31.3. The summed E-state index contributed by atoms with van der Waals surface area (Å²) in [5.41, 5.74) is 0. The molecule has 11 aromatic carbocycles. The molecular formula is C67H56N6O13P6. The number of hydrogen-bond acceptors (Lipinski definition) is 19. The van der Waals surface area contributed by atoms with Crippen LogP contribution in [-0.4, -0.2) is 7.11 Å². The molecule has 0 saturated carbocycles. The fourth-order valence-corrected chi connectivity index (χ4v) is 26.8. The third kappa shape index (κ3) is 15.5. The predicted octanol–water partition coefficient (Wildman–Crippen LogP) is 22.9. The van der Waals surface area contributed by atoms with E-state index in [1.807, 2.05) is 164 Å². The lowest BCUT2D eigenvalue weighted by molar-refractivity contribution is 0.413. The van der Waals surface area contributed by atoms with Crippen LogP contribution in [0.3, 0.4) is 0 Å². The van der Waals surface area contributed by atoms with Gasteiger partial charge in [-0.2, -0.15) is 0 Å². The van der Waals surface area contributed by atoms with Crippen LogP contribution >= 0.6 is 46.0 Å². The summed E-state index contributed by atoms with van der Waals surface area (Å²) < 4.78 is 122. The zero-order chi connectivity index (χ0) is 62.4. The molecule has 3 unspecified atom stereocenters. The first-order valence-corrected chi connectivity index (χ1v) is 37.7. The molecule has 0 radical (unpaired) electrons. The molecule has 0 bridgehead atoms. The van der Waals surface area contributed by atoms with E-state index in [1.54, 1.807) is 165 Å². The van der Waals surface area contributed by atoms with Crippen LogP contribution in [0.4, 0.5) is 0 Å². The van der Waals surface area contributed by atoms with Crippen LogP contribution in [0.5, 0.6) is 74.7 Å². The standard InChI is InChI=1S/C67H56N6O13P6/c1-74-55-47-49-65(50-48-55)84-91(82-63-43-25-9-26-44-63)71-89(79-60-37-19-6-20-38-60,80-61-39-21-7-22-40-61)72-92(73-91,83-64-45-27-10-28-46-64)86-67-53-51-66(52-54-67)85-90(81-62-41-23-8-24-42-62)69-87(75-56-29-11-2-12-30-56,76-57-31-13-3-14-32-57)68-88(70-90,77-58-33-15-4-16-34-58)78-59-35-17-5-18-36-59/h2-54H,1H3. The molecule has 2 heterocycles.